The van der Waals surface area contributed by atoms with E-state index in [9.17, 15) is 9.00 Å². The SMILES string of the molecule is CN(CCOS(=O)O)C(=O)NCCO. The number of hydrogen-bond donors (Lipinski definition) is 3. The Morgan fingerprint density at radius 2 is 2.29 bits per heavy atom. The first kappa shape index (κ1) is 13.3. The number of amides is 2. The van der Waals surface area contributed by atoms with Gasteiger partial charge in [-0.3, -0.25) is 8.74 Å². The minimum atomic E-state index is -2.30. The first-order valence-corrected chi connectivity index (χ1v) is 4.95. The van der Waals surface area contributed by atoms with E-state index in [4.69, 9.17) is 9.66 Å². The van der Waals surface area contributed by atoms with Crippen LogP contribution < -0.4 is 5.32 Å². The van der Waals surface area contributed by atoms with E-state index in [0.717, 1.165) is 0 Å². The fraction of sp³-hybridized carbons (Fsp3) is 0.833. The second kappa shape index (κ2) is 7.68. The van der Waals surface area contributed by atoms with Gasteiger partial charge in [-0.05, 0) is 0 Å². The second-order valence-electron chi connectivity index (χ2n) is 2.42. The summed E-state index contributed by atoms with van der Waals surface area (Å²) in [5.74, 6) is 0. The summed E-state index contributed by atoms with van der Waals surface area (Å²) in [5, 5.41) is 10.8. The van der Waals surface area contributed by atoms with Crippen molar-refractivity contribution in [3.8, 4) is 0 Å². The lowest BCUT2D eigenvalue weighted by molar-refractivity contribution is 0.192. The van der Waals surface area contributed by atoms with Gasteiger partial charge in [0.1, 0.15) is 0 Å². The van der Waals surface area contributed by atoms with Crippen LogP contribution in [0.4, 0.5) is 4.79 Å². The molecule has 0 rings (SSSR count). The van der Waals surface area contributed by atoms with Gasteiger partial charge in [-0.2, -0.15) is 4.21 Å². The number of carbonyl (C=O) groups is 1. The first-order valence-electron chi connectivity index (χ1n) is 3.92. The molecule has 8 heteroatoms. The van der Waals surface area contributed by atoms with Crippen molar-refractivity contribution in [2.45, 2.75) is 0 Å². The number of aliphatic hydroxyl groups excluding tert-OH is 1. The zero-order valence-corrected chi connectivity index (χ0v) is 8.62. The van der Waals surface area contributed by atoms with Gasteiger partial charge in [-0.25, -0.2) is 4.79 Å². The Labute approximate surface area is 84.5 Å². The molecule has 0 fully saturated rings. The third-order valence-electron chi connectivity index (χ3n) is 1.35. The van der Waals surface area contributed by atoms with E-state index in [1.807, 2.05) is 0 Å². The second-order valence-corrected chi connectivity index (χ2v) is 3.09. The lowest BCUT2D eigenvalue weighted by Crippen LogP contribution is -2.40. The van der Waals surface area contributed by atoms with E-state index in [-0.39, 0.29) is 32.3 Å². The highest BCUT2D eigenvalue weighted by Gasteiger charge is 2.07. The molecule has 0 bridgehead atoms. The summed E-state index contributed by atoms with van der Waals surface area (Å²) in [4.78, 5) is 12.4. The molecule has 0 radical (unpaired) electrons. The molecule has 0 aromatic carbocycles. The van der Waals surface area contributed by atoms with Gasteiger partial charge in [-0.1, -0.05) is 0 Å². The van der Waals surface area contributed by atoms with Crippen LogP contribution in [0, 0.1) is 0 Å². The number of likely N-dealkylation sites (N-methyl/N-ethyl adjacent to an activating group) is 1. The minimum absolute atomic E-state index is 0.0217. The molecule has 0 aliphatic carbocycles. The summed E-state index contributed by atoms with van der Waals surface area (Å²) in [6.45, 7) is 0.225. The molecule has 0 saturated heterocycles. The van der Waals surface area contributed by atoms with E-state index in [0.29, 0.717) is 0 Å². The molecule has 0 spiro atoms. The van der Waals surface area contributed by atoms with Crippen LogP contribution in [0.1, 0.15) is 0 Å². The Morgan fingerprint density at radius 3 is 2.79 bits per heavy atom. The van der Waals surface area contributed by atoms with E-state index in [1.54, 1.807) is 0 Å². The molecular weight excluding hydrogens is 212 g/mol. The number of rotatable bonds is 6. The van der Waals surface area contributed by atoms with Crippen LogP contribution in [0.5, 0.6) is 0 Å². The van der Waals surface area contributed by atoms with Crippen molar-refractivity contribution in [2.24, 2.45) is 0 Å². The summed E-state index contributed by atoms with van der Waals surface area (Å²) in [6.07, 6.45) is 0. The quantitative estimate of drug-likeness (QED) is 0.493. The third-order valence-corrected chi connectivity index (χ3v) is 1.71. The largest absolute Gasteiger partial charge is 0.395 e. The summed E-state index contributed by atoms with van der Waals surface area (Å²) < 4.78 is 22.6. The average Bonchev–Trinajstić information content (AvgIpc) is 2.13. The fourth-order valence-corrected chi connectivity index (χ4v) is 0.862. The lowest BCUT2D eigenvalue weighted by atomic mass is 10.6. The maximum atomic E-state index is 11.1. The molecule has 1 atom stereocenters. The summed E-state index contributed by atoms with van der Waals surface area (Å²) in [7, 11) is 1.51. The van der Waals surface area contributed by atoms with Gasteiger partial charge in [0.15, 0.2) is 0 Å². The fourth-order valence-electron chi connectivity index (χ4n) is 0.645. The Balaban J connectivity index is 3.56. The molecule has 7 nitrogen and oxygen atoms in total. The van der Waals surface area contributed by atoms with Crippen LogP contribution in [0.2, 0.25) is 0 Å². The van der Waals surface area contributed by atoms with E-state index < -0.39 is 11.4 Å². The van der Waals surface area contributed by atoms with Gasteiger partial charge < -0.3 is 15.3 Å². The molecule has 2 amide bonds. The number of nitrogens with zero attached hydrogens (tertiary/aromatic N) is 1. The Morgan fingerprint density at radius 1 is 1.64 bits per heavy atom. The predicted molar refractivity (Wildman–Crippen MR) is 49.8 cm³/mol. The van der Waals surface area contributed by atoms with Crippen molar-refractivity contribution < 1.29 is 22.8 Å². The zero-order chi connectivity index (χ0) is 11.0. The Hall–Kier alpha value is -0.700. The molecule has 84 valence electrons. The molecule has 0 aliphatic rings. The van der Waals surface area contributed by atoms with Crippen LogP contribution in [-0.4, -0.2) is 58.2 Å². The summed E-state index contributed by atoms with van der Waals surface area (Å²) in [5.41, 5.74) is 0. The number of aliphatic hydroxyl groups is 1. The van der Waals surface area contributed by atoms with Gasteiger partial charge >= 0.3 is 17.4 Å². The van der Waals surface area contributed by atoms with Crippen LogP contribution in [0.25, 0.3) is 0 Å². The van der Waals surface area contributed by atoms with Crippen molar-refractivity contribution in [2.75, 3.05) is 33.4 Å². The van der Waals surface area contributed by atoms with Crippen LogP contribution in [0.15, 0.2) is 0 Å². The molecule has 0 heterocycles. The Bertz CT molecular complexity index is 201. The Kier molecular flexibility index (Phi) is 7.30. The number of hydrogen-bond acceptors (Lipinski definition) is 4. The molecule has 3 N–H and O–H groups in total. The van der Waals surface area contributed by atoms with Crippen molar-refractivity contribution in [3.63, 3.8) is 0 Å². The topological polar surface area (TPSA) is 99.1 Å². The first-order chi connectivity index (χ1) is 6.57. The van der Waals surface area contributed by atoms with Gasteiger partial charge in [0.2, 0.25) is 0 Å². The highest BCUT2D eigenvalue weighted by Crippen LogP contribution is 1.86. The summed E-state index contributed by atoms with van der Waals surface area (Å²) in [6, 6.07) is -0.369. The molecule has 0 aromatic rings. The lowest BCUT2D eigenvalue weighted by Gasteiger charge is -2.16. The number of carbonyl (C=O) groups excluding carboxylic acids is 1. The molecule has 0 aromatic heterocycles. The molecule has 1 unspecified atom stereocenters. The van der Waals surface area contributed by atoms with Crippen molar-refractivity contribution >= 4 is 17.4 Å². The normalized spacial score (nSPS) is 12.2. The molecule has 0 saturated carbocycles. The van der Waals surface area contributed by atoms with Crippen LogP contribution >= 0.6 is 0 Å². The highest BCUT2D eigenvalue weighted by molar-refractivity contribution is 7.74. The zero-order valence-electron chi connectivity index (χ0n) is 7.80. The van der Waals surface area contributed by atoms with E-state index in [2.05, 4.69) is 9.50 Å². The number of urea groups is 1. The maximum absolute atomic E-state index is 11.1. The highest BCUT2D eigenvalue weighted by atomic mass is 32.2. The van der Waals surface area contributed by atoms with Crippen LogP contribution in [0.3, 0.4) is 0 Å². The molecular formula is C6H14N2O5S. The minimum Gasteiger partial charge on any atom is -0.395 e. The van der Waals surface area contributed by atoms with Gasteiger partial charge in [0.25, 0.3) is 0 Å². The summed E-state index contributed by atoms with van der Waals surface area (Å²) >= 11 is -2.30. The molecule has 0 aliphatic heterocycles. The van der Waals surface area contributed by atoms with Crippen molar-refractivity contribution in [3.05, 3.63) is 0 Å². The third kappa shape index (κ3) is 6.78. The van der Waals surface area contributed by atoms with Gasteiger partial charge in [-0.15, -0.1) is 0 Å². The number of nitrogens with one attached hydrogen (secondary N) is 1. The van der Waals surface area contributed by atoms with Crippen LogP contribution in [-0.2, 0) is 15.5 Å². The maximum Gasteiger partial charge on any atom is 0.317 e. The molecule has 14 heavy (non-hydrogen) atoms. The van der Waals surface area contributed by atoms with Crippen molar-refractivity contribution in [1.82, 2.24) is 10.2 Å². The average molecular weight is 226 g/mol. The van der Waals surface area contributed by atoms with E-state index in [1.165, 1.54) is 11.9 Å². The monoisotopic (exact) mass is 226 g/mol. The van der Waals surface area contributed by atoms with E-state index >= 15 is 0 Å². The smallest absolute Gasteiger partial charge is 0.317 e. The van der Waals surface area contributed by atoms with Gasteiger partial charge in [0, 0.05) is 20.1 Å². The van der Waals surface area contributed by atoms with Crippen molar-refractivity contribution in [1.29, 1.82) is 0 Å². The standard InChI is InChI=1S/C6H14N2O5S/c1-8(3-5-13-14(11)12)6(10)7-2-4-9/h9H,2-5H2,1H3,(H,7,10)(H,11,12). The van der Waals surface area contributed by atoms with Gasteiger partial charge in [0.05, 0.1) is 13.2 Å². The predicted octanol–water partition coefficient (Wildman–Crippen LogP) is -1.23.